The van der Waals surface area contributed by atoms with E-state index >= 15 is 0 Å². The Kier molecular flexibility index (Phi) is 7.04. The Morgan fingerprint density at radius 1 is 1.07 bits per heavy atom. The highest BCUT2D eigenvalue weighted by Crippen LogP contribution is 2.17. The quantitative estimate of drug-likeness (QED) is 0.783. The summed E-state index contributed by atoms with van der Waals surface area (Å²) < 4.78 is 10.4. The molecule has 0 saturated carbocycles. The van der Waals surface area contributed by atoms with Crippen molar-refractivity contribution in [3.63, 3.8) is 0 Å². The number of anilines is 1. The predicted octanol–water partition coefficient (Wildman–Crippen LogP) is 4.70. The molecule has 0 aliphatic heterocycles. The van der Waals surface area contributed by atoms with E-state index in [9.17, 15) is 9.59 Å². The average molecular weight is 384 g/mol. The van der Waals surface area contributed by atoms with Gasteiger partial charge in [-0.05, 0) is 63.6 Å². The van der Waals surface area contributed by atoms with Crippen molar-refractivity contribution in [3.8, 4) is 5.75 Å². The topological polar surface area (TPSA) is 67.9 Å². The van der Waals surface area contributed by atoms with E-state index in [1.165, 1.54) is 0 Å². The van der Waals surface area contributed by atoms with Crippen molar-refractivity contribution in [3.05, 3.63) is 59.7 Å². The van der Waals surface area contributed by atoms with Gasteiger partial charge < -0.3 is 14.4 Å². The zero-order valence-electron chi connectivity index (χ0n) is 17.1. The molecule has 28 heavy (non-hydrogen) atoms. The molecule has 0 saturated heterocycles. The molecule has 6 heteroatoms. The first-order valence-electron chi connectivity index (χ1n) is 9.24. The van der Waals surface area contributed by atoms with E-state index in [0.29, 0.717) is 24.3 Å². The summed E-state index contributed by atoms with van der Waals surface area (Å²) in [4.78, 5) is 26.6. The van der Waals surface area contributed by atoms with Crippen LogP contribution in [-0.2, 0) is 11.3 Å². The maximum absolute atomic E-state index is 12.9. The van der Waals surface area contributed by atoms with Crippen LogP contribution in [0, 0.1) is 0 Å². The van der Waals surface area contributed by atoms with Gasteiger partial charge in [0.25, 0.3) is 5.91 Å². The highest BCUT2D eigenvalue weighted by molar-refractivity contribution is 5.96. The molecule has 0 aliphatic rings. The van der Waals surface area contributed by atoms with Crippen LogP contribution in [0.3, 0.4) is 0 Å². The van der Waals surface area contributed by atoms with Crippen LogP contribution in [0.15, 0.2) is 48.5 Å². The van der Waals surface area contributed by atoms with Crippen molar-refractivity contribution in [1.29, 1.82) is 0 Å². The highest BCUT2D eigenvalue weighted by atomic mass is 16.6. The molecule has 0 bridgehead atoms. The maximum atomic E-state index is 12.9. The summed E-state index contributed by atoms with van der Waals surface area (Å²) in [7, 11) is 1.62. The minimum Gasteiger partial charge on any atom is -0.497 e. The van der Waals surface area contributed by atoms with Gasteiger partial charge in [-0.15, -0.1) is 0 Å². The third-order valence-electron chi connectivity index (χ3n) is 3.96. The third kappa shape index (κ3) is 6.30. The summed E-state index contributed by atoms with van der Waals surface area (Å²) >= 11 is 0. The van der Waals surface area contributed by atoms with E-state index in [1.54, 1.807) is 57.0 Å². The lowest BCUT2D eigenvalue weighted by molar-refractivity contribution is 0.0634. The van der Waals surface area contributed by atoms with Gasteiger partial charge in [-0.3, -0.25) is 10.1 Å². The predicted molar refractivity (Wildman–Crippen MR) is 110 cm³/mol. The molecule has 0 aromatic heterocycles. The number of nitrogens with one attached hydrogen (secondary N) is 1. The first-order chi connectivity index (χ1) is 13.2. The summed E-state index contributed by atoms with van der Waals surface area (Å²) in [5, 5.41) is 2.67. The fourth-order valence-corrected chi connectivity index (χ4v) is 2.61. The first kappa shape index (κ1) is 21.3. The number of amides is 2. The van der Waals surface area contributed by atoms with Crippen LogP contribution in [0.2, 0.25) is 0 Å². The second-order valence-electron chi connectivity index (χ2n) is 7.38. The Bertz CT molecular complexity index is 810. The second-order valence-corrected chi connectivity index (χ2v) is 7.38. The van der Waals surface area contributed by atoms with Gasteiger partial charge in [0.05, 0.1) is 7.11 Å². The van der Waals surface area contributed by atoms with E-state index in [1.807, 2.05) is 31.2 Å². The summed E-state index contributed by atoms with van der Waals surface area (Å²) in [6.45, 7) is 8.38. The molecule has 0 aliphatic carbocycles. The number of methoxy groups -OCH3 is 1. The van der Waals surface area contributed by atoms with Gasteiger partial charge in [-0.25, -0.2) is 4.79 Å². The molecular weight excluding hydrogens is 356 g/mol. The summed E-state index contributed by atoms with van der Waals surface area (Å²) in [5.74, 6) is 0.671. The minimum atomic E-state index is -0.588. The zero-order valence-corrected chi connectivity index (χ0v) is 17.1. The fourth-order valence-electron chi connectivity index (χ4n) is 2.61. The number of carbonyl (C=O) groups excluding carboxylic acids is 2. The zero-order chi connectivity index (χ0) is 20.7. The Balaban J connectivity index is 2.09. The molecule has 0 fully saturated rings. The van der Waals surface area contributed by atoms with E-state index in [2.05, 4.69) is 5.32 Å². The molecule has 150 valence electrons. The lowest BCUT2D eigenvalue weighted by Crippen LogP contribution is -2.30. The number of carbonyl (C=O) groups is 2. The number of hydrogen-bond acceptors (Lipinski definition) is 4. The first-order valence-corrected chi connectivity index (χ1v) is 9.24. The largest absolute Gasteiger partial charge is 0.497 e. The second kappa shape index (κ2) is 9.26. The van der Waals surface area contributed by atoms with Crippen LogP contribution in [-0.4, -0.2) is 36.2 Å². The van der Waals surface area contributed by atoms with Crippen molar-refractivity contribution in [2.24, 2.45) is 0 Å². The number of nitrogens with zero attached hydrogens (tertiary/aromatic N) is 1. The number of rotatable bonds is 6. The Morgan fingerprint density at radius 3 is 2.32 bits per heavy atom. The lowest BCUT2D eigenvalue weighted by atomic mass is 10.1. The van der Waals surface area contributed by atoms with E-state index in [0.717, 1.165) is 11.3 Å². The van der Waals surface area contributed by atoms with Gasteiger partial charge in [0.15, 0.2) is 0 Å². The fraction of sp³-hybridized carbons (Fsp3) is 0.364. The smallest absolute Gasteiger partial charge is 0.412 e. The van der Waals surface area contributed by atoms with Gasteiger partial charge >= 0.3 is 6.09 Å². The molecule has 1 N–H and O–H groups in total. The molecule has 2 amide bonds. The number of benzene rings is 2. The van der Waals surface area contributed by atoms with E-state index in [-0.39, 0.29) is 5.91 Å². The Labute approximate surface area is 166 Å². The third-order valence-corrected chi connectivity index (χ3v) is 3.96. The van der Waals surface area contributed by atoms with E-state index in [4.69, 9.17) is 9.47 Å². The van der Waals surface area contributed by atoms with Gasteiger partial charge in [0.1, 0.15) is 11.4 Å². The van der Waals surface area contributed by atoms with Crippen molar-refractivity contribution in [2.75, 3.05) is 19.0 Å². The molecule has 2 aromatic rings. The summed E-state index contributed by atoms with van der Waals surface area (Å²) in [6.07, 6.45) is -0.553. The normalized spacial score (nSPS) is 10.9. The van der Waals surface area contributed by atoms with E-state index < -0.39 is 11.7 Å². The van der Waals surface area contributed by atoms with Gasteiger partial charge in [0, 0.05) is 24.3 Å². The summed E-state index contributed by atoms with van der Waals surface area (Å²) in [5.41, 5.74) is 1.44. The lowest BCUT2D eigenvalue weighted by Gasteiger charge is -2.22. The molecule has 0 spiro atoms. The van der Waals surface area contributed by atoms with Crippen molar-refractivity contribution < 1.29 is 19.1 Å². The Hall–Kier alpha value is -3.02. The molecule has 0 radical (unpaired) electrons. The van der Waals surface area contributed by atoms with Crippen LogP contribution >= 0.6 is 0 Å². The SMILES string of the molecule is CCN(Cc1ccc(OC)cc1)C(=O)c1cccc(NC(=O)OC(C)(C)C)c1. The van der Waals surface area contributed by atoms with Crippen molar-refractivity contribution in [2.45, 2.75) is 39.8 Å². The van der Waals surface area contributed by atoms with Crippen LogP contribution in [0.25, 0.3) is 0 Å². The standard InChI is InChI=1S/C22H28N2O4/c1-6-24(15-16-10-12-19(27-5)13-11-16)20(25)17-8-7-9-18(14-17)23-21(26)28-22(2,3)4/h7-14H,6,15H2,1-5H3,(H,23,26). The minimum absolute atomic E-state index is 0.105. The number of ether oxygens (including phenoxy) is 2. The van der Waals surface area contributed by atoms with Crippen molar-refractivity contribution in [1.82, 2.24) is 4.90 Å². The molecule has 2 rings (SSSR count). The molecule has 6 nitrogen and oxygen atoms in total. The van der Waals surface area contributed by atoms with Crippen molar-refractivity contribution >= 4 is 17.7 Å². The van der Waals surface area contributed by atoms with Gasteiger partial charge in [-0.1, -0.05) is 18.2 Å². The van der Waals surface area contributed by atoms with Crippen LogP contribution in [0.5, 0.6) is 5.75 Å². The molecule has 0 heterocycles. The van der Waals surface area contributed by atoms with Crippen LogP contribution < -0.4 is 10.1 Å². The van der Waals surface area contributed by atoms with Gasteiger partial charge in [0.2, 0.25) is 0 Å². The molecule has 0 atom stereocenters. The van der Waals surface area contributed by atoms with Crippen LogP contribution in [0.4, 0.5) is 10.5 Å². The highest BCUT2D eigenvalue weighted by Gasteiger charge is 2.18. The average Bonchev–Trinajstić information content (AvgIpc) is 2.64. The van der Waals surface area contributed by atoms with Crippen LogP contribution in [0.1, 0.15) is 43.6 Å². The molecule has 2 aromatic carbocycles. The Morgan fingerprint density at radius 2 is 1.75 bits per heavy atom. The summed E-state index contributed by atoms with van der Waals surface area (Å²) in [6, 6.07) is 14.5. The monoisotopic (exact) mass is 384 g/mol. The van der Waals surface area contributed by atoms with Gasteiger partial charge in [-0.2, -0.15) is 0 Å². The maximum Gasteiger partial charge on any atom is 0.412 e. The molecular formula is C22H28N2O4. The molecule has 0 unspecified atom stereocenters. The number of hydrogen-bond donors (Lipinski definition) is 1.